The molecular formula is C13H18BrNO. The van der Waals surface area contributed by atoms with Gasteiger partial charge >= 0.3 is 0 Å². The molecule has 1 aromatic rings. The summed E-state index contributed by atoms with van der Waals surface area (Å²) in [5.74, 6) is 1.61. The van der Waals surface area contributed by atoms with Gasteiger partial charge in [0.05, 0.1) is 7.11 Å². The fourth-order valence-electron chi connectivity index (χ4n) is 2.46. The Kier molecular flexibility index (Phi) is 3.87. The van der Waals surface area contributed by atoms with Gasteiger partial charge in [-0.15, -0.1) is 0 Å². The summed E-state index contributed by atoms with van der Waals surface area (Å²) in [6.07, 6.45) is 2.50. The molecule has 0 aromatic heterocycles. The van der Waals surface area contributed by atoms with Gasteiger partial charge in [0.15, 0.2) is 0 Å². The first-order valence-electron chi connectivity index (χ1n) is 5.77. The third-order valence-corrected chi connectivity index (χ3v) is 4.19. The first-order valence-corrected chi connectivity index (χ1v) is 6.57. The van der Waals surface area contributed by atoms with E-state index in [4.69, 9.17) is 4.74 Å². The Balaban J connectivity index is 2.39. The molecule has 0 spiro atoms. The largest absolute Gasteiger partial charge is 0.496 e. The summed E-state index contributed by atoms with van der Waals surface area (Å²) >= 11 is 3.60. The highest BCUT2D eigenvalue weighted by Crippen LogP contribution is 2.36. The molecule has 1 fully saturated rings. The first-order chi connectivity index (χ1) is 7.74. The number of halogens is 1. The average molecular weight is 284 g/mol. The van der Waals surface area contributed by atoms with E-state index in [9.17, 15) is 0 Å². The van der Waals surface area contributed by atoms with Gasteiger partial charge in [0.1, 0.15) is 5.75 Å². The Hall–Kier alpha value is -0.540. The van der Waals surface area contributed by atoms with Crippen LogP contribution in [0.2, 0.25) is 0 Å². The SMILES string of the molecule is COc1ccc(Br)c(C)c1C1CCCNC1. The molecule has 2 nitrogen and oxygen atoms in total. The van der Waals surface area contributed by atoms with Gasteiger partial charge < -0.3 is 10.1 Å². The van der Waals surface area contributed by atoms with Gasteiger partial charge in [0.2, 0.25) is 0 Å². The zero-order chi connectivity index (χ0) is 11.5. The number of rotatable bonds is 2. The van der Waals surface area contributed by atoms with Crippen LogP contribution in [-0.2, 0) is 0 Å². The van der Waals surface area contributed by atoms with Gasteiger partial charge in [0.25, 0.3) is 0 Å². The normalized spacial score (nSPS) is 20.8. The molecule has 88 valence electrons. The third kappa shape index (κ3) is 2.25. The van der Waals surface area contributed by atoms with Gasteiger partial charge in [-0.25, -0.2) is 0 Å². The minimum Gasteiger partial charge on any atom is -0.496 e. The molecule has 1 aliphatic rings. The van der Waals surface area contributed by atoms with Crippen LogP contribution in [0.15, 0.2) is 16.6 Å². The molecule has 0 radical (unpaired) electrons. The number of piperidine rings is 1. The highest BCUT2D eigenvalue weighted by Gasteiger charge is 2.21. The highest BCUT2D eigenvalue weighted by atomic mass is 79.9. The van der Waals surface area contributed by atoms with Crippen LogP contribution in [0.4, 0.5) is 0 Å². The lowest BCUT2D eigenvalue weighted by molar-refractivity contribution is 0.391. The lowest BCUT2D eigenvalue weighted by Crippen LogP contribution is -2.29. The van der Waals surface area contributed by atoms with Gasteiger partial charge in [-0.2, -0.15) is 0 Å². The summed E-state index contributed by atoms with van der Waals surface area (Å²) in [6.45, 7) is 4.37. The topological polar surface area (TPSA) is 21.3 Å². The van der Waals surface area contributed by atoms with Crippen molar-refractivity contribution in [2.24, 2.45) is 0 Å². The van der Waals surface area contributed by atoms with Crippen LogP contribution >= 0.6 is 15.9 Å². The van der Waals surface area contributed by atoms with E-state index in [1.54, 1.807) is 7.11 Å². The standard InChI is InChI=1S/C13H18BrNO/c1-9-11(14)5-6-12(16-2)13(9)10-4-3-7-15-8-10/h5-6,10,15H,3-4,7-8H2,1-2H3. The average Bonchev–Trinajstić information content (AvgIpc) is 2.33. The molecule has 1 N–H and O–H groups in total. The molecule has 3 heteroatoms. The minimum atomic E-state index is 0.584. The van der Waals surface area contributed by atoms with Gasteiger partial charge in [-0.1, -0.05) is 15.9 Å². The molecule has 1 heterocycles. The molecule has 1 unspecified atom stereocenters. The van der Waals surface area contributed by atoms with Crippen LogP contribution in [-0.4, -0.2) is 20.2 Å². The van der Waals surface area contributed by atoms with E-state index in [-0.39, 0.29) is 0 Å². The Labute approximate surface area is 106 Å². The fraction of sp³-hybridized carbons (Fsp3) is 0.538. The second-order valence-corrected chi connectivity index (χ2v) is 5.19. The molecular weight excluding hydrogens is 266 g/mol. The number of benzene rings is 1. The van der Waals surface area contributed by atoms with E-state index < -0.39 is 0 Å². The molecule has 0 bridgehead atoms. The first kappa shape index (κ1) is 11.9. The quantitative estimate of drug-likeness (QED) is 0.900. The van der Waals surface area contributed by atoms with Crippen LogP contribution in [0.1, 0.15) is 29.9 Å². The minimum absolute atomic E-state index is 0.584. The summed E-state index contributed by atoms with van der Waals surface area (Å²) in [6, 6.07) is 4.12. The zero-order valence-corrected chi connectivity index (χ0v) is 11.4. The second kappa shape index (κ2) is 5.19. The smallest absolute Gasteiger partial charge is 0.122 e. The van der Waals surface area contributed by atoms with E-state index in [1.807, 2.05) is 0 Å². The molecule has 0 saturated carbocycles. The van der Waals surface area contributed by atoms with Crippen molar-refractivity contribution in [3.05, 3.63) is 27.7 Å². The maximum absolute atomic E-state index is 5.49. The van der Waals surface area contributed by atoms with Crippen molar-refractivity contribution in [2.75, 3.05) is 20.2 Å². The van der Waals surface area contributed by atoms with Gasteiger partial charge in [0, 0.05) is 22.5 Å². The number of hydrogen-bond donors (Lipinski definition) is 1. The third-order valence-electron chi connectivity index (χ3n) is 3.33. The second-order valence-electron chi connectivity index (χ2n) is 4.33. The highest BCUT2D eigenvalue weighted by molar-refractivity contribution is 9.10. The summed E-state index contributed by atoms with van der Waals surface area (Å²) in [5.41, 5.74) is 2.68. The predicted molar refractivity (Wildman–Crippen MR) is 70.3 cm³/mol. The summed E-state index contributed by atoms with van der Waals surface area (Å²) in [4.78, 5) is 0. The summed E-state index contributed by atoms with van der Waals surface area (Å²) in [5, 5.41) is 3.46. The van der Waals surface area contributed by atoms with E-state index in [1.165, 1.54) is 28.4 Å². The summed E-state index contributed by atoms with van der Waals surface area (Å²) < 4.78 is 6.66. The molecule has 1 aromatic carbocycles. The van der Waals surface area contributed by atoms with E-state index in [2.05, 4.69) is 40.3 Å². The number of methoxy groups -OCH3 is 1. The Morgan fingerprint density at radius 1 is 1.44 bits per heavy atom. The van der Waals surface area contributed by atoms with E-state index in [0.717, 1.165) is 18.8 Å². The molecule has 0 amide bonds. The van der Waals surface area contributed by atoms with E-state index >= 15 is 0 Å². The van der Waals surface area contributed by atoms with Crippen molar-refractivity contribution >= 4 is 15.9 Å². The van der Waals surface area contributed by atoms with Crippen molar-refractivity contribution in [2.45, 2.75) is 25.7 Å². The molecule has 16 heavy (non-hydrogen) atoms. The maximum Gasteiger partial charge on any atom is 0.122 e. The van der Waals surface area contributed by atoms with Crippen LogP contribution in [0, 0.1) is 6.92 Å². The Bertz CT molecular complexity index is 372. The van der Waals surface area contributed by atoms with Crippen LogP contribution in [0.5, 0.6) is 5.75 Å². The monoisotopic (exact) mass is 283 g/mol. The van der Waals surface area contributed by atoms with Crippen LogP contribution in [0.25, 0.3) is 0 Å². The van der Waals surface area contributed by atoms with Crippen molar-refractivity contribution in [1.82, 2.24) is 5.32 Å². The number of ether oxygens (including phenoxy) is 1. The van der Waals surface area contributed by atoms with Gasteiger partial charge in [-0.3, -0.25) is 0 Å². The zero-order valence-electron chi connectivity index (χ0n) is 9.85. The Morgan fingerprint density at radius 3 is 2.88 bits per heavy atom. The molecule has 1 atom stereocenters. The lowest BCUT2D eigenvalue weighted by atomic mass is 9.88. The predicted octanol–water partition coefficient (Wildman–Crippen LogP) is 3.23. The van der Waals surface area contributed by atoms with Crippen molar-refractivity contribution in [3.63, 3.8) is 0 Å². The number of hydrogen-bond acceptors (Lipinski definition) is 2. The molecule has 1 aliphatic heterocycles. The number of nitrogens with one attached hydrogen (secondary N) is 1. The maximum atomic E-state index is 5.49. The van der Waals surface area contributed by atoms with Crippen molar-refractivity contribution in [3.8, 4) is 5.75 Å². The molecule has 1 saturated heterocycles. The molecule has 2 rings (SSSR count). The van der Waals surface area contributed by atoms with Gasteiger partial charge in [-0.05, 0) is 44.0 Å². The summed E-state index contributed by atoms with van der Waals surface area (Å²) in [7, 11) is 1.75. The Morgan fingerprint density at radius 2 is 2.25 bits per heavy atom. The van der Waals surface area contributed by atoms with E-state index in [0.29, 0.717) is 5.92 Å². The van der Waals surface area contributed by atoms with Crippen molar-refractivity contribution < 1.29 is 4.74 Å². The van der Waals surface area contributed by atoms with Crippen LogP contribution in [0.3, 0.4) is 0 Å². The fourth-order valence-corrected chi connectivity index (χ4v) is 2.81. The lowest BCUT2D eigenvalue weighted by Gasteiger charge is -2.26. The van der Waals surface area contributed by atoms with Crippen molar-refractivity contribution in [1.29, 1.82) is 0 Å². The molecule has 0 aliphatic carbocycles. The van der Waals surface area contributed by atoms with Crippen LogP contribution < -0.4 is 10.1 Å².